The molecule has 20 heteroatoms. The van der Waals surface area contributed by atoms with Gasteiger partial charge in [-0.05, 0) is 0 Å². The zero-order valence-corrected chi connectivity index (χ0v) is 16.4. The van der Waals surface area contributed by atoms with Crippen molar-refractivity contribution in [2.75, 3.05) is 12.3 Å². The Morgan fingerprint density at radius 1 is 1.17 bits per heavy atom. The Bertz CT molecular complexity index is 989. The summed E-state index contributed by atoms with van der Waals surface area (Å²) in [5.74, 6) is -1.84. The molecular weight excluding hydrogens is 470 g/mol. The van der Waals surface area contributed by atoms with Crippen LogP contribution in [0.5, 0.6) is 0 Å². The molecule has 29 heavy (non-hydrogen) atoms. The number of hydrogen-bond acceptors (Lipinski definition) is 13. The highest BCUT2D eigenvalue weighted by molar-refractivity contribution is 7.74. The van der Waals surface area contributed by atoms with Gasteiger partial charge in [0.2, 0.25) is 0 Å². The van der Waals surface area contributed by atoms with Crippen molar-refractivity contribution in [3.8, 4) is 0 Å². The number of ether oxygens (including phenoxy) is 1. The van der Waals surface area contributed by atoms with Gasteiger partial charge in [-0.1, -0.05) is 0 Å². The molecule has 0 radical (unpaired) electrons. The second kappa shape index (κ2) is 7.57. The summed E-state index contributed by atoms with van der Waals surface area (Å²) in [6.45, 7) is -0.994. The predicted octanol–water partition coefficient (Wildman–Crippen LogP) is -1.03. The summed E-state index contributed by atoms with van der Waals surface area (Å²) in [6, 6.07) is 0. The molecule has 0 aliphatic carbocycles. The lowest BCUT2D eigenvalue weighted by Gasteiger charge is -2.27. The largest absolute Gasteiger partial charge is 0.492 e. The average molecular weight is 483 g/mol. The molecule has 3 heterocycles. The molecule has 4 unspecified atom stereocenters. The smallest absolute Gasteiger partial charge is 0.387 e. The highest BCUT2D eigenvalue weighted by Crippen LogP contribution is 2.80. The van der Waals surface area contributed by atoms with E-state index in [1.165, 1.54) is 0 Å². The number of nitrogens with zero attached hydrogens (tertiary/aromatic N) is 2. The van der Waals surface area contributed by atoms with Crippen LogP contribution in [-0.2, 0) is 35.9 Å². The predicted molar refractivity (Wildman–Crippen MR) is 85.3 cm³/mol. The Morgan fingerprint density at radius 3 is 2.34 bits per heavy atom. The summed E-state index contributed by atoms with van der Waals surface area (Å²) >= 11 is 0. The van der Waals surface area contributed by atoms with E-state index < -0.39 is 71.9 Å². The second-order valence-corrected chi connectivity index (χ2v) is 10.6. The van der Waals surface area contributed by atoms with E-state index in [0.29, 0.717) is 10.8 Å². The van der Waals surface area contributed by atoms with Crippen molar-refractivity contribution in [3.63, 3.8) is 0 Å². The molecule has 2 aliphatic rings. The van der Waals surface area contributed by atoms with Gasteiger partial charge < -0.3 is 30.5 Å². The monoisotopic (exact) mass is 483 g/mol. The first-order chi connectivity index (χ1) is 13.2. The lowest BCUT2D eigenvalue weighted by atomic mass is 10.1. The number of anilines is 1. The average Bonchev–Trinajstić information content (AvgIpc) is 2.81. The van der Waals surface area contributed by atoms with Crippen LogP contribution >= 0.6 is 23.5 Å². The second-order valence-electron chi connectivity index (χ2n) is 5.64. The number of nitrogen functional groups attached to an aromatic ring is 1. The van der Waals surface area contributed by atoms with Gasteiger partial charge in [0.25, 0.3) is 0 Å². The molecule has 0 aromatic carbocycles. The van der Waals surface area contributed by atoms with Gasteiger partial charge in [0.15, 0.2) is 17.9 Å². The van der Waals surface area contributed by atoms with Crippen molar-refractivity contribution in [3.05, 3.63) is 22.5 Å². The van der Waals surface area contributed by atoms with Crippen LogP contribution in [0.4, 0.5) is 10.2 Å². The molecule has 0 amide bonds. The van der Waals surface area contributed by atoms with Crippen LogP contribution in [0.2, 0.25) is 0 Å². The van der Waals surface area contributed by atoms with Crippen molar-refractivity contribution in [1.29, 1.82) is 0 Å². The fourth-order valence-corrected chi connectivity index (χ4v) is 7.31. The first kappa shape index (κ1) is 22.6. The van der Waals surface area contributed by atoms with Crippen LogP contribution in [0.25, 0.3) is 0 Å². The van der Waals surface area contributed by atoms with Gasteiger partial charge >= 0.3 is 29.2 Å². The van der Waals surface area contributed by atoms with Crippen molar-refractivity contribution in [1.82, 2.24) is 9.55 Å². The fourth-order valence-electron chi connectivity index (χ4n) is 2.38. The molecule has 0 bridgehead atoms. The van der Waals surface area contributed by atoms with Gasteiger partial charge in [0, 0.05) is 0 Å². The topological polar surface area (TPSA) is 239 Å². The molecule has 0 saturated carbocycles. The third-order valence-corrected chi connectivity index (χ3v) is 8.92. The summed E-state index contributed by atoms with van der Waals surface area (Å²) in [7, 11) is -15.7. The molecule has 6 atom stereocenters. The minimum atomic E-state index is -5.28. The van der Waals surface area contributed by atoms with Crippen LogP contribution in [0.1, 0.15) is 6.23 Å². The Balaban J connectivity index is 1.76. The fraction of sp³-hybridized carbons (Fsp3) is 0.556. The van der Waals surface area contributed by atoms with Gasteiger partial charge in [0.1, 0.15) is 18.3 Å². The molecule has 2 fully saturated rings. The zero-order chi connectivity index (χ0) is 21.8. The van der Waals surface area contributed by atoms with Crippen LogP contribution in [0.15, 0.2) is 11.0 Å². The van der Waals surface area contributed by atoms with E-state index in [9.17, 15) is 33.1 Å². The first-order valence-electron chi connectivity index (χ1n) is 7.32. The van der Waals surface area contributed by atoms with Crippen molar-refractivity contribution < 1.29 is 60.3 Å². The minimum absolute atomic E-state index is 0.479. The number of aromatic nitrogens is 2. The number of hydrogen-bond donors (Lipinski definition) is 5. The Morgan fingerprint density at radius 2 is 1.76 bits per heavy atom. The molecule has 2 saturated heterocycles. The number of phosphoric acid groups is 3. The van der Waals surface area contributed by atoms with E-state index in [4.69, 9.17) is 20.3 Å². The van der Waals surface area contributed by atoms with Gasteiger partial charge in [0.05, 0.1) is 12.8 Å². The number of aliphatic hydroxyl groups excluding tert-OH is 2. The summed E-state index contributed by atoms with van der Waals surface area (Å²) in [4.78, 5) is 33.3. The van der Waals surface area contributed by atoms with Gasteiger partial charge in [-0.25, -0.2) is 22.9 Å². The van der Waals surface area contributed by atoms with Crippen molar-refractivity contribution in [2.24, 2.45) is 0 Å². The molecule has 164 valence electrons. The molecule has 6 N–H and O–H groups in total. The highest BCUT2D eigenvalue weighted by atomic mass is 31.3. The number of aliphatic hydroxyl groups is 2. The SMILES string of the molecule is Nc1nc(=O)n([C@@H]2O[C@H](COP3(=O)OP(=O)(O)OP(=O)(O)O3)C(O)C2O)cc1F. The number of halogens is 1. The first-order valence-corrected chi connectivity index (χ1v) is 11.8. The molecular formula is C9H13FN3O13P3. The molecule has 16 nitrogen and oxygen atoms in total. The Hall–Kier alpha value is -1.06. The molecule has 3 rings (SSSR count). The number of rotatable bonds is 4. The molecule has 0 spiro atoms. The Labute approximate surface area is 159 Å². The van der Waals surface area contributed by atoms with Crippen molar-refractivity contribution >= 4 is 29.3 Å². The molecule has 2 aliphatic heterocycles. The Kier molecular flexibility index (Phi) is 5.90. The molecule has 1 aromatic rings. The maximum atomic E-state index is 13.6. The zero-order valence-electron chi connectivity index (χ0n) is 13.7. The van der Waals surface area contributed by atoms with E-state index in [1.807, 2.05) is 0 Å². The van der Waals surface area contributed by atoms with Gasteiger partial charge in [-0.15, -0.1) is 0 Å². The van der Waals surface area contributed by atoms with E-state index in [-0.39, 0.29) is 0 Å². The van der Waals surface area contributed by atoms with Gasteiger partial charge in [-0.2, -0.15) is 17.9 Å². The van der Waals surface area contributed by atoms with Crippen LogP contribution in [0, 0.1) is 5.82 Å². The standard InChI is InChI=1S/C9H13FN3O13P3/c10-3-1-13(9(16)12-7(3)11)8-6(15)5(14)4(23-8)2-22-29(21)25-27(17,18)24-28(19,20)26-29/h1,4-6,8,14-15H,2H2,(H,17,18)(H,19,20)(H2,11,12,16)/t4-,5?,6?,8-/m1/s1. The third-order valence-electron chi connectivity index (χ3n) is 3.56. The lowest BCUT2D eigenvalue weighted by Crippen LogP contribution is -2.36. The lowest BCUT2D eigenvalue weighted by molar-refractivity contribution is -0.0548. The van der Waals surface area contributed by atoms with Crippen LogP contribution < -0.4 is 11.4 Å². The normalized spacial score (nSPS) is 42.8. The number of nitrogens with two attached hydrogens (primary N) is 1. The van der Waals surface area contributed by atoms with E-state index in [2.05, 4.69) is 22.4 Å². The summed E-state index contributed by atoms with van der Waals surface area (Å²) in [5.41, 5.74) is 4.01. The maximum absolute atomic E-state index is 13.6. The maximum Gasteiger partial charge on any atom is 0.492 e. The van der Waals surface area contributed by atoms with Crippen molar-refractivity contribution in [2.45, 2.75) is 24.5 Å². The summed E-state index contributed by atoms with van der Waals surface area (Å²) in [5, 5.41) is 20.1. The molecule has 1 aromatic heterocycles. The minimum Gasteiger partial charge on any atom is -0.387 e. The van der Waals surface area contributed by atoms with Gasteiger partial charge in [-0.3, -0.25) is 9.09 Å². The third kappa shape index (κ3) is 4.82. The van der Waals surface area contributed by atoms with E-state index in [1.54, 1.807) is 0 Å². The van der Waals surface area contributed by atoms with E-state index in [0.717, 1.165) is 0 Å². The summed E-state index contributed by atoms with van der Waals surface area (Å²) in [6.07, 6.45) is -6.36. The van der Waals surface area contributed by atoms with Crippen LogP contribution in [-0.4, -0.2) is 54.5 Å². The summed E-state index contributed by atoms with van der Waals surface area (Å²) < 4.78 is 70.3. The quantitative estimate of drug-likeness (QED) is 0.322. The van der Waals surface area contributed by atoms with Crippen LogP contribution in [0.3, 0.4) is 0 Å². The highest BCUT2D eigenvalue weighted by Gasteiger charge is 2.55. The van der Waals surface area contributed by atoms with E-state index >= 15 is 0 Å².